The molecule has 19 heavy (non-hydrogen) atoms. The molecular formula is C10H18N2O7. The van der Waals surface area contributed by atoms with Gasteiger partial charge in [-0.05, 0) is 0 Å². The maximum Gasteiger partial charge on any atom is 0.317 e. The van der Waals surface area contributed by atoms with Crippen molar-refractivity contribution in [3.05, 3.63) is 0 Å². The molecule has 0 amide bonds. The average molecular weight is 278 g/mol. The van der Waals surface area contributed by atoms with Crippen molar-refractivity contribution in [3.8, 4) is 0 Å². The van der Waals surface area contributed by atoms with Crippen LogP contribution in [0.15, 0.2) is 0 Å². The Hall–Kier alpha value is -1.71. The van der Waals surface area contributed by atoms with E-state index in [2.05, 4.69) is 0 Å². The normalized spacial score (nSPS) is 13.6. The van der Waals surface area contributed by atoms with E-state index in [9.17, 15) is 14.4 Å². The van der Waals surface area contributed by atoms with Crippen LogP contribution >= 0.6 is 0 Å². The molecule has 0 aromatic carbocycles. The van der Waals surface area contributed by atoms with Crippen molar-refractivity contribution >= 4 is 17.9 Å². The van der Waals surface area contributed by atoms with Crippen molar-refractivity contribution in [1.82, 2.24) is 9.80 Å². The van der Waals surface area contributed by atoms with Gasteiger partial charge < -0.3 is 20.4 Å². The molecule has 9 nitrogen and oxygen atoms in total. The SMILES string of the molecule is O=C(O)CN(CCO)CC(=O)O.O=C(O)CN1CC1. The highest BCUT2D eigenvalue weighted by atomic mass is 16.4. The second-order valence-corrected chi connectivity index (χ2v) is 3.89. The lowest BCUT2D eigenvalue weighted by Gasteiger charge is -2.15. The highest BCUT2D eigenvalue weighted by molar-refractivity contribution is 5.72. The third kappa shape index (κ3) is 12.5. The lowest BCUT2D eigenvalue weighted by Crippen LogP contribution is -2.36. The molecule has 0 unspecified atom stereocenters. The van der Waals surface area contributed by atoms with Gasteiger partial charge in [0.1, 0.15) is 0 Å². The van der Waals surface area contributed by atoms with Gasteiger partial charge in [-0.3, -0.25) is 24.2 Å². The molecule has 0 spiro atoms. The zero-order valence-corrected chi connectivity index (χ0v) is 10.4. The van der Waals surface area contributed by atoms with Crippen molar-refractivity contribution in [2.75, 3.05) is 45.9 Å². The molecule has 0 aromatic rings. The van der Waals surface area contributed by atoms with Gasteiger partial charge in [-0.25, -0.2) is 0 Å². The van der Waals surface area contributed by atoms with Crippen LogP contribution in [0.5, 0.6) is 0 Å². The minimum Gasteiger partial charge on any atom is -0.480 e. The summed E-state index contributed by atoms with van der Waals surface area (Å²) < 4.78 is 0. The van der Waals surface area contributed by atoms with E-state index < -0.39 is 17.9 Å². The minimum atomic E-state index is -1.11. The summed E-state index contributed by atoms with van der Waals surface area (Å²) in [4.78, 5) is 33.1. The van der Waals surface area contributed by atoms with E-state index in [0.29, 0.717) is 0 Å². The Morgan fingerprint density at radius 2 is 1.42 bits per heavy atom. The second-order valence-electron chi connectivity index (χ2n) is 3.89. The fourth-order valence-corrected chi connectivity index (χ4v) is 1.16. The lowest BCUT2D eigenvalue weighted by molar-refractivity contribution is -0.142. The summed E-state index contributed by atoms with van der Waals surface area (Å²) in [5.41, 5.74) is 0. The van der Waals surface area contributed by atoms with Crippen molar-refractivity contribution in [1.29, 1.82) is 0 Å². The Balaban J connectivity index is 0.000000388. The first-order valence-corrected chi connectivity index (χ1v) is 5.56. The Morgan fingerprint density at radius 3 is 1.63 bits per heavy atom. The monoisotopic (exact) mass is 278 g/mol. The fraction of sp³-hybridized carbons (Fsp3) is 0.700. The molecule has 1 aliphatic rings. The molecule has 0 aliphatic carbocycles. The number of rotatable bonds is 8. The molecule has 0 aromatic heterocycles. The summed E-state index contributed by atoms with van der Waals surface area (Å²) in [6.45, 7) is 1.22. The summed E-state index contributed by atoms with van der Waals surface area (Å²) in [7, 11) is 0. The van der Waals surface area contributed by atoms with Crippen LogP contribution in [0.3, 0.4) is 0 Å². The van der Waals surface area contributed by atoms with Crippen molar-refractivity contribution < 1.29 is 34.8 Å². The van der Waals surface area contributed by atoms with Gasteiger partial charge in [0.25, 0.3) is 0 Å². The number of hydrogen-bond donors (Lipinski definition) is 4. The molecule has 4 N–H and O–H groups in total. The van der Waals surface area contributed by atoms with Crippen LogP contribution in [0.2, 0.25) is 0 Å². The lowest BCUT2D eigenvalue weighted by atomic mass is 10.4. The van der Waals surface area contributed by atoms with Crippen molar-refractivity contribution in [2.24, 2.45) is 0 Å². The standard InChI is InChI=1S/C6H11NO5.C4H7NO2/c8-2-1-7(3-5(9)10)4-6(11)12;6-4(7)3-5-1-2-5/h8H,1-4H2,(H,9,10)(H,11,12);1-3H2,(H,6,7). The van der Waals surface area contributed by atoms with Crippen molar-refractivity contribution in [3.63, 3.8) is 0 Å². The third-order valence-electron chi connectivity index (χ3n) is 2.03. The molecule has 1 aliphatic heterocycles. The summed E-state index contributed by atoms with van der Waals surface area (Å²) >= 11 is 0. The summed E-state index contributed by atoms with van der Waals surface area (Å²) in [5, 5.41) is 33.1. The topological polar surface area (TPSA) is 138 Å². The summed E-state index contributed by atoms with van der Waals surface area (Å²) in [6.07, 6.45) is 0. The molecule has 9 heteroatoms. The Labute approximate surface area is 109 Å². The number of carboxylic acid groups (broad SMARTS) is 3. The van der Waals surface area contributed by atoms with Gasteiger partial charge in [0.2, 0.25) is 0 Å². The van der Waals surface area contributed by atoms with E-state index in [1.54, 1.807) is 0 Å². The molecule has 1 fully saturated rings. The Kier molecular flexibility index (Phi) is 8.42. The largest absolute Gasteiger partial charge is 0.480 e. The van der Waals surface area contributed by atoms with E-state index in [1.807, 2.05) is 4.90 Å². The highest BCUT2D eigenvalue weighted by Gasteiger charge is 2.19. The van der Waals surface area contributed by atoms with Gasteiger partial charge >= 0.3 is 17.9 Å². The number of hydrogen-bond acceptors (Lipinski definition) is 6. The Morgan fingerprint density at radius 1 is 0.947 bits per heavy atom. The molecule has 1 saturated heterocycles. The smallest absolute Gasteiger partial charge is 0.317 e. The predicted molar refractivity (Wildman–Crippen MR) is 62.9 cm³/mol. The van der Waals surface area contributed by atoms with Crippen LogP contribution in [0, 0.1) is 0 Å². The van der Waals surface area contributed by atoms with Gasteiger partial charge in [-0.1, -0.05) is 0 Å². The van der Waals surface area contributed by atoms with Crippen LogP contribution in [-0.4, -0.2) is 94.0 Å². The van der Waals surface area contributed by atoms with E-state index in [4.69, 9.17) is 20.4 Å². The minimum absolute atomic E-state index is 0.0542. The molecule has 1 rings (SSSR count). The number of carboxylic acids is 3. The maximum atomic E-state index is 10.1. The third-order valence-corrected chi connectivity index (χ3v) is 2.03. The number of aliphatic hydroxyl groups is 1. The first-order chi connectivity index (χ1) is 8.85. The van der Waals surface area contributed by atoms with E-state index in [0.717, 1.165) is 18.0 Å². The molecule has 0 atom stereocenters. The molecular weight excluding hydrogens is 260 g/mol. The first-order valence-electron chi connectivity index (χ1n) is 5.56. The second kappa shape index (κ2) is 9.25. The van der Waals surface area contributed by atoms with Gasteiger partial charge in [0.15, 0.2) is 0 Å². The van der Waals surface area contributed by atoms with E-state index in [-0.39, 0.29) is 32.8 Å². The van der Waals surface area contributed by atoms with Gasteiger partial charge in [0.05, 0.1) is 26.2 Å². The number of carbonyl (C=O) groups is 3. The molecule has 1 heterocycles. The first kappa shape index (κ1) is 17.3. The molecule has 110 valence electrons. The zero-order valence-electron chi connectivity index (χ0n) is 10.4. The maximum absolute atomic E-state index is 10.1. The fourth-order valence-electron chi connectivity index (χ4n) is 1.16. The van der Waals surface area contributed by atoms with Gasteiger partial charge in [-0.2, -0.15) is 0 Å². The van der Waals surface area contributed by atoms with Crippen LogP contribution in [0.4, 0.5) is 0 Å². The Bertz CT molecular complexity index is 301. The van der Waals surface area contributed by atoms with Crippen LogP contribution in [-0.2, 0) is 14.4 Å². The van der Waals surface area contributed by atoms with Gasteiger partial charge in [-0.15, -0.1) is 0 Å². The van der Waals surface area contributed by atoms with Crippen molar-refractivity contribution in [2.45, 2.75) is 0 Å². The average Bonchev–Trinajstić information content (AvgIpc) is 2.99. The van der Waals surface area contributed by atoms with E-state index in [1.165, 1.54) is 0 Å². The number of aliphatic hydroxyl groups excluding tert-OH is 1. The van der Waals surface area contributed by atoms with Crippen LogP contribution in [0.25, 0.3) is 0 Å². The summed E-state index contributed by atoms with van der Waals surface area (Å²) in [5.74, 6) is -2.94. The number of aliphatic carboxylic acids is 3. The molecule has 0 bridgehead atoms. The van der Waals surface area contributed by atoms with Crippen LogP contribution in [0.1, 0.15) is 0 Å². The number of nitrogens with zero attached hydrogens (tertiary/aromatic N) is 2. The quantitative estimate of drug-likeness (QED) is 0.365. The highest BCUT2D eigenvalue weighted by Crippen LogP contribution is 1.99. The van der Waals surface area contributed by atoms with Crippen LogP contribution < -0.4 is 0 Å². The van der Waals surface area contributed by atoms with Gasteiger partial charge in [0, 0.05) is 19.6 Å². The predicted octanol–water partition coefficient (Wildman–Crippen LogP) is -2.16. The zero-order chi connectivity index (χ0) is 14.8. The van der Waals surface area contributed by atoms with E-state index >= 15 is 0 Å². The molecule has 0 radical (unpaired) electrons. The molecule has 0 saturated carbocycles. The summed E-state index contributed by atoms with van der Waals surface area (Å²) in [6, 6.07) is 0.